The first-order valence-electron chi connectivity index (χ1n) is 6.08. The molecule has 0 spiro atoms. The highest BCUT2D eigenvalue weighted by atomic mass is 16.5. The number of hydrogen-bond acceptors (Lipinski definition) is 3. The summed E-state index contributed by atoms with van der Waals surface area (Å²) in [6, 6.07) is 6.35. The predicted molar refractivity (Wildman–Crippen MR) is 68.7 cm³/mol. The smallest absolute Gasteiger partial charge is 0.161 e. The minimum atomic E-state index is 0.193. The Morgan fingerprint density at radius 2 is 1.94 bits per heavy atom. The Morgan fingerprint density at radius 1 is 1.29 bits per heavy atom. The maximum Gasteiger partial charge on any atom is 0.161 e. The molecule has 0 heterocycles. The number of nitrogens with two attached hydrogens (primary N) is 1. The van der Waals surface area contributed by atoms with Crippen LogP contribution in [0.15, 0.2) is 18.2 Å². The summed E-state index contributed by atoms with van der Waals surface area (Å²) in [5.74, 6) is 2.01. The van der Waals surface area contributed by atoms with Crippen LogP contribution in [0.5, 0.6) is 11.5 Å². The molecule has 0 unspecified atom stereocenters. The topological polar surface area (TPSA) is 44.5 Å². The third-order valence-electron chi connectivity index (χ3n) is 3.76. The van der Waals surface area contributed by atoms with Crippen molar-refractivity contribution in [1.29, 1.82) is 0 Å². The third-order valence-corrected chi connectivity index (χ3v) is 3.76. The summed E-state index contributed by atoms with van der Waals surface area (Å²) in [5.41, 5.74) is 7.52. The van der Waals surface area contributed by atoms with Crippen LogP contribution in [0.25, 0.3) is 0 Å². The standard InChI is InChI=1S/C14H21NO2/c1-5-17-10-7-6-9(8-11(10)16-4)12-13(15)14(12,2)3/h6-8,12-13H,5,15H2,1-4H3/t12-,13-/m0/s1. The highest BCUT2D eigenvalue weighted by Crippen LogP contribution is 2.57. The van der Waals surface area contributed by atoms with Crippen LogP contribution in [-0.2, 0) is 0 Å². The van der Waals surface area contributed by atoms with Crippen LogP contribution < -0.4 is 15.2 Å². The predicted octanol–water partition coefficient (Wildman–Crippen LogP) is 2.54. The summed E-state index contributed by atoms with van der Waals surface area (Å²) in [7, 11) is 1.67. The zero-order valence-electron chi connectivity index (χ0n) is 11.0. The largest absolute Gasteiger partial charge is 0.493 e. The lowest BCUT2D eigenvalue weighted by Crippen LogP contribution is -2.06. The van der Waals surface area contributed by atoms with Crippen LogP contribution in [-0.4, -0.2) is 19.8 Å². The molecule has 0 aliphatic heterocycles. The monoisotopic (exact) mass is 235 g/mol. The van der Waals surface area contributed by atoms with Crippen LogP contribution in [0.1, 0.15) is 32.3 Å². The average Bonchev–Trinajstić information content (AvgIpc) is 2.79. The van der Waals surface area contributed by atoms with Crippen molar-refractivity contribution in [2.75, 3.05) is 13.7 Å². The fourth-order valence-electron chi connectivity index (χ4n) is 2.47. The van der Waals surface area contributed by atoms with Crippen molar-refractivity contribution >= 4 is 0 Å². The van der Waals surface area contributed by atoms with E-state index in [1.165, 1.54) is 5.56 Å². The SMILES string of the molecule is CCOc1ccc([C@H]2[C@H](N)C2(C)C)cc1OC. The van der Waals surface area contributed by atoms with Gasteiger partial charge in [-0.1, -0.05) is 19.9 Å². The number of hydrogen-bond donors (Lipinski definition) is 1. The second-order valence-electron chi connectivity index (χ2n) is 5.17. The lowest BCUT2D eigenvalue weighted by molar-refractivity contribution is 0.310. The van der Waals surface area contributed by atoms with Crippen molar-refractivity contribution in [2.24, 2.45) is 11.1 Å². The fourth-order valence-corrected chi connectivity index (χ4v) is 2.47. The zero-order chi connectivity index (χ0) is 12.6. The van der Waals surface area contributed by atoms with Crippen LogP contribution in [0.3, 0.4) is 0 Å². The first-order valence-corrected chi connectivity index (χ1v) is 6.08. The molecule has 0 amide bonds. The minimum absolute atomic E-state index is 0.193. The van der Waals surface area contributed by atoms with Crippen molar-refractivity contribution in [2.45, 2.75) is 32.7 Å². The molecule has 0 saturated heterocycles. The molecule has 17 heavy (non-hydrogen) atoms. The maximum atomic E-state index is 6.09. The fraction of sp³-hybridized carbons (Fsp3) is 0.571. The number of rotatable bonds is 4. The molecular formula is C14H21NO2. The summed E-state index contributed by atoms with van der Waals surface area (Å²) in [4.78, 5) is 0. The molecule has 1 aliphatic carbocycles. The van der Waals surface area contributed by atoms with E-state index in [2.05, 4.69) is 19.9 Å². The van der Waals surface area contributed by atoms with Gasteiger partial charge in [-0.15, -0.1) is 0 Å². The Kier molecular flexibility index (Phi) is 3.04. The third kappa shape index (κ3) is 2.00. The van der Waals surface area contributed by atoms with E-state index < -0.39 is 0 Å². The summed E-state index contributed by atoms with van der Waals surface area (Å²) < 4.78 is 10.9. The second-order valence-corrected chi connectivity index (χ2v) is 5.17. The normalized spacial score (nSPS) is 25.5. The van der Waals surface area contributed by atoms with E-state index >= 15 is 0 Å². The Hall–Kier alpha value is -1.22. The number of ether oxygens (including phenoxy) is 2. The Balaban J connectivity index is 2.27. The van der Waals surface area contributed by atoms with E-state index in [4.69, 9.17) is 15.2 Å². The summed E-state index contributed by atoms with van der Waals surface area (Å²) in [6.45, 7) is 7.01. The second kappa shape index (κ2) is 4.22. The zero-order valence-corrected chi connectivity index (χ0v) is 11.0. The van der Waals surface area contributed by atoms with Gasteiger partial charge in [-0.25, -0.2) is 0 Å². The van der Waals surface area contributed by atoms with Gasteiger partial charge in [-0.05, 0) is 30.0 Å². The molecule has 1 saturated carbocycles. The van der Waals surface area contributed by atoms with E-state index in [0.29, 0.717) is 12.5 Å². The molecule has 2 atom stereocenters. The minimum Gasteiger partial charge on any atom is -0.493 e. The highest BCUT2D eigenvalue weighted by Gasteiger charge is 2.56. The molecule has 0 radical (unpaired) electrons. The molecule has 1 fully saturated rings. The van der Waals surface area contributed by atoms with E-state index in [-0.39, 0.29) is 11.5 Å². The van der Waals surface area contributed by atoms with Crippen molar-refractivity contribution in [1.82, 2.24) is 0 Å². The van der Waals surface area contributed by atoms with Crippen LogP contribution in [0.4, 0.5) is 0 Å². The molecule has 1 aliphatic rings. The van der Waals surface area contributed by atoms with Crippen molar-refractivity contribution in [3.63, 3.8) is 0 Å². The van der Waals surface area contributed by atoms with Crippen LogP contribution in [0, 0.1) is 5.41 Å². The Morgan fingerprint density at radius 3 is 2.41 bits per heavy atom. The van der Waals surface area contributed by atoms with Gasteiger partial charge >= 0.3 is 0 Å². The lowest BCUT2D eigenvalue weighted by Gasteiger charge is -2.11. The van der Waals surface area contributed by atoms with Crippen molar-refractivity contribution < 1.29 is 9.47 Å². The number of methoxy groups -OCH3 is 1. The number of benzene rings is 1. The van der Waals surface area contributed by atoms with Crippen molar-refractivity contribution in [3.8, 4) is 11.5 Å². The van der Waals surface area contributed by atoms with Gasteiger partial charge in [0.15, 0.2) is 11.5 Å². The van der Waals surface area contributed by atoms with Crippen LogP contribution >= 0.6 is 0 Å². The molecule has 0 aromatic heterocycles. The van der Waals surface area contributed by atoms with E-state index in [1.807, 2.05) is 19.1 Å². The molecular weight excluding hydrogens is 214 g/mol. The van der Waals surface area contributed by atoms with Gasteiger partial charge in [0, 0.05) is 12.0 Å². The lowest BCUT2D eigenvalue weighted by atomic mass is 10.0. The van der Waals surface area contributed by atoms with Crippen molar-refractivity contribution in [3.05, 3.63) is 23.8 Å². The molecule has 2 rings (SSSR count). The quantitative estimate of drug-likeness (QED) is 0.872. The molecule has 2 N–H and O–H groups in total. The van der Waals surface area contributed by atoms with Crippen LogP contribution in [0.2, 0.25) is 0 Å². The van der Waals surface area contributed by atoms with E-state index in [9.17, 15) is 0 Å². The van der Waals surface area contributed by atoms with E-state index in [0.717, 1.165) is 11.5 Å². The van der Waals surface area contributed by atoms with Gasteiger partial charge < -0.3 is 15.2 Å². The summed E-state index contributed by atoms with van der Waals surface area (Å²) >= 11 is 0. The van der Waals surface area contributed by atoms with Gasteiger partial charge in [0.25, 0.3) is 0 Å². The first kappa shape index (κ1) is 12.2. The highest BCUT2D eigenvalue weighted by molar-refractivity contribution is 5.47. The van der Waals surface area contributed by atoms with Gasteiger partial charge in [-0.2, -0.15) is 0 Å². The molecule has 1 aromatic carbocycles. The summed E-state index contributed by atoms with van der Waals surface area (Å²) in [6.07, 6.45) is 0. The van der Waals surface area contributed by atoms with Gasteiger partial charge in [0.1, 0.15) is 0 Å². The Bertz CT molecular complexity index is 415. The first-order chi connectivity index (χ1) is 8.02. The molecule has 3 heteroatoms. The molecule has 0 bridgehead atoms. The molecule has 3 nitrogen and oxygen atoms in total. The maximum absolute atomic E-state index is 6.09. The summed E-state index contributed by atoms with van der Waals surface area (Å²) in [5, 5.41) is 0. The average molecular weight is 235 g/mol. The van der Waals surface area contributed by atoms with Gasteiger partial charge in [-0.3, -0.25) is 0 Å². The molecule has 1 aromatic rings. The molecule has 94 valence electrons. The van der Waals surface area contributed by atoms with Gasteiger partial charge in [0.05, 0.1) is 13.7 Å². The Labute approximate surface area is 103 Å². The van der Waals surface area contributed by atoms with E-state index in [1.54, 1.807) is 7.11 Å². The van der Waals surface area contributed by atoms with Gasteiger partial charge in [0.2, 0.25) is 0 Å².